The fourth-order valence-corrected chi connectivity index (χ4v) is 3.42. The smallest absolute Gasteiger partial charge is 0.0181 e. The Hall–Kier alpha value is -0.0400. The molecule has 0 spiro atoms. The van der Waals surface area contributed by atoms with Crippen LogP contribution >= 0.6 is 0 Å². The summed E-state index contributed by atoms with van der Waals surface area (Å²) in [7, 11) is 0. The first-order valence-electron chi connectivity index (χ1n) is 6.60. The molecule has 0 aromatic carbocycles. The van der Waals surface area contributed by atoms with Crippen molar-refractivity contribution in [3.8, 4) is 0 Å². The summed E-state index contributed by atoms with van der Waals surface area (Å²) >= 11 is 0. The number of nitrogens with one attached hydrogen (secondary N) is 1. The van der Waals surface area contributed by atoms with Gasteiger partial charge in [-0.1, -0.05) is 39.0 Å². The molecule has 2 aliphatic rings. The molecule has 1 saturated carbocycles. The minimum Gasteiger partial charge on any atom is -0.311 e. The Labute approximate surface area is 88.7 Å². The molecule has 2 rings (SSSR count). The number of hydrogen-bond donors (Lipinski definition) is 1. The van der Waals surface area contributed by atoms with Crippen LogP contribution in [0.2, 0.25) is 0 Å². The molecule has 1 N–H and O–H groups in total. The van der Waals surface area contributed by atoms with Crippen molar-refractivity contribution in [2.45, 2.75) is 70.3 Å². The molecule has 2 fully saturated rings. The maximum atomic E-state index is 3.81. The van der Waals surface area contributed by atoms with Crippen molar-refractivity contribution in [3.63, 3.8) is 0 Å². The van der Waals surface area contributed by atoms with E-state index in [0.717, 1.165) is 5.92 Å². The molecular formula is C13H25N. The van der Waals surface area contributed by atoms with Crippen molar-refractivity contribution in [1.29, 1.82) is 0 Å². The maximum Gasteiger partial charge on any atom is 0.0181 e. The molecule has 0 amide bonds. The van der Waals surface area contributed by atoms with Crippen LogP contribution in [0.5, 0.6) is 0 Å². The summed E-state index contributed by atoms with van der Waals surface area (Å²) in [5.74, 6) is 1.04. The second kappa shape index (κ2) is 4.65. The summed E-state index contributed by atoms with van der Waals surface area (Å²) in [6, 6.07) is 0. The third-order valence-electron chi connectivity index (χ3n) is 4.41. The Bertz CT molecular complexity index is 164. The van der Waals surface area contributed by atoms with Gasteiger partial charge >= 0.3 is 0 Å². The normalized spacial score (nSPS) is 34.9. The third kappa shape index (κ3) is 2.31. The van der Waals surface area contributed by atoms with E-state index in [-0.39, 0.29) is 0 Å². The summed E-state index contributed by atoms with van der Waals surface area (Å²) in [4.78, 5) is 0. The molecule has 1 heteroatoms. The molecule has 1 aliphatic carbocycles. The zero-order chi connectivity index (χ0) is 9.86. The van der Waals surface area contributed by atoms with Crippen molar-refractivity contribution < 1.29 is 0 Å². The van der Waals surface area contributed by atoms with Crippen LogP contribution in [0.4, 0.5) is 0 Å². The minimum atomic E-state index is 0.535. The summed E-state index contributed by atoms with van der Waals surface area (Å²) in [5, 5.41) is 3.81. The van der Waals surface area contributed by atoms with Crippen LogP contribution in [0.25, 0.3) is 0 Å². The lowest BCUT2D eigenvalue weighted by Crippen LogP contribution is -2.49. The molecular weight excluding hydrogens is 170 g/mol. The molecule has 1 heterocycles. The average molecular weight is 195 g/mol. The predicted octanol–water partition coefficient (Wildman–Crippen LogP) is 3.49. The second-order valence-electron chi connectivity index (χ2n) is 5.37. The first-order valence-corrected chi connectivity index (χ1v) is 6.60. The van der Waals surface area contributed by atoms with Gasteiger partial charge in [0.25, 0.3) is 0 Å². The van der Waals surface area contributed by atoms with Crippen LogP contribution < -0.4 is 5.32 Å². The van der Waals surface area contributed by atoms with Crippen LogP contribution in [0.15, 0.2) is 0 Å². The molecule has 1 nitrogen and oxygen atoms in total. The van der Waals surface area contributed by atoms with E-state index in [1.54, 1.807) is 0 Å². The molecule has 0 aromatic heterocycles. The topological polar surface area (TPSA) is 12.0 Å². The summed E-state index contributed by atoms with van der Waals surface area (Å²) in [6.45, 7) is 3.63. The van der Waals surface area contributed by atoms with Gasteiger partial charge in [0.1, 0.15) is 0 Å². The SMILES string of the molecule is CCC1(CC2CCCC2)CCCCN1. The molecule has 82 valence electrons. The van der Waals surface area contributed by atoms with Gasteiger partial charge in [0.05, 0.1) is 0 Å². The Morgan fingerprint density at radius 3 is 2.50 bits per heavy atom. The zero-order valence-electron chi connectivity index (χ0n) is 9.65. The van der Waals surface area contributed by atoms with E-state index in [2.05, 4.69) is 12.2 Å². The van der Waals surface area contributed by atoms with E-state index in [4.69, 9.17) is 0 Å². The van der Waals surface area contributed by atoms with Crippen molar-refractivity contribution in [2.24, 2.45) is 5.92 Å². The van der Waals surface area contributed by atoms with Gasteiger partial charge in [-0.05, 0) is 38.1 Å². The van der Waals surface area contributed by atoms with Crippen molar-refractivity contribution >= 4 is 0 Å². The van der Waals surface area contributed by atoms with Gasteiger partial charge in [-0.3, -0.25) is 0 Å². The maximum absolute atomic E-state index is 3.81. The highest BCUT2D eigenvalue weighted by molar-refractivity contribution is 4.92. The van der Waals surface area contributed by atoms with E-state index >= 15 is 0 Å². The number of rotatable bonds is 3. The first-order chi connectivity index (χ1) is 6.85. The number of piperidine rings is 1. The third-order valence-corrected chi connectivity index (χ3v) is 4.41. The fraction of sp³-hybridized carbons (Fsp3) is 1.00. The minimum absolute atomic E-state index is 0.535. The van der Waals surface area contributed by atoms with Crippen molar-refractivity contribution in [1.82, 2.24) is 5.32 Å². The lowest BCUT2D eigenvalue weighted by Gasteiger charge is -2.39. The van der Waals surface area contributed by atoms with Crippen LogP contribution in [0.1, 0.15) is 64.7 Å². The van der Waals surface area contributed by atoms with Crippen LogP contribution in [0.3, 0.4) is 0 Å². The summed E-state index contributed by atoms with van der Waals surface area (Å²) < 4.78 is 0. The highest BCUT2D eigenvalue weighted by atomic mass is 15.0. The monoisotopic (exact) mass is 195 g/mol. The summed E-state index contributed by atoms with van der Waals surface area (Å²) in [6.07, 6.45) is 13.1. The fourth-order valence-electron chi connectivity index (χ4n) is 3.42. The Morgan fingerprint density at radius 2 is 1.93 bits per heavy atom. The molecule has 1 atom stereocenters. The van der Waals surface area contributed by atoms with E-state index in [1.807, 2.05) is 0 Å². The average Bonchev–Trinajstić information content (AvgIpc) is 2.72. The molecule has 1 aliphatic heterocycles. The largest absolute Gasteiger partial charge is 0.311 e. The van der Waals surface area contributed by atoms with Gasteiger partial charge in [-0.15, -0.1) is 0 Å². The lowest BCUT2D eigenvalue weighted by molar-refractivity contribution is 0.195. The molecule has 0 aromatic rings. The summed E-state index contributed by atoms with van der Waals surface area (Å²) in [5.41, 5.74) is 0.535. The van der Waals surface area contributed by atoms with E-state index in [1.165, 1.54) is 64.3 Å². The molecule has 0 radical (unpaired) electrons. The highest BCUT2D eigenvalue weighted by Gasteiger charge is 2.33. The highest BCUT2D eigenvalue weighted by Crippen LogP contribution is 2.36. The van der Waals surface area contributed by atoms with Gasteiger partial charge in [-0.2, -0.15) is 0 Å². The van der Waals surface area contributed by atoms with E-state index in [0.29, 0.717) is 5.54 Å². The molecule has 1 saturated heterocycles. The second-order valence-corrected chi connectivity index (χ2v) is 5.37. The van der Waals surface area contributed by atoms with Gasteiger partial charge in [-0.25, -0.2) is 0 Å². The van der Waals surface area contributed by atoms with Crippen LogP contribution in [-0.2, 0) is 0 Å². The van der Waals surface area contributed by atoms with E-state index < -0.39 is 0 Å². The molecule has 14 heavy (non-hydrogen) atoms. The van der Waals surface area contributed by atoms with Crippen molar-refractivity contribution in [3.05, 3.63) is 0 Å². The Balaban J connectivity index is 1.89. The van der Waals surface area contributed by atoms with Gasteiger partial charge in [0.2, 0.25) is 0 Å². The molecule has 0 bridgehead atoms. The zero-order valence-corrected chi connectivity index (χ0v) is 9.65. The predicted molar refractivity (Wildman–Crippen MR) is 61.5 cm³/mol. The van der Waals surface area contributed by atoms with E-state index in [9.17, 15) is 0 Å². The van der Waals surface area contributed by atoms with Crippen LogP contribution in [0, 0.1) is 5.92 Å². The Morgan fingerprint density at radius 1 is 1.14 bits per heavy atom. The van der Waals surface area contributed by atoms with Crippen LogP contribution in [-0.4, -0.2) is 12.1 Å². The molecule has 1 unspecified atom stereocenters. The van der Waals surface area contributed by atoms with Crippen molar-refractivity contribution in [2.75, 3.05) is 6.54 Å². The quantitative estimate of drug-likeness (QED) is 0.727. The van der Waals surface area contributed by atoms with Gasteiger partial charge < -0.3 is 5.32 Å². The van der Waals surface area contributed by atoms with Gasteiger partial charge in [0, 0.05) is 5.54 Å². The Kier molecular flexibility index (Phi) is 3.48. The number of hydrogen-bond acceptors (Lipinski definition) is 1. The standard InChI is InChI=1S/C13H25N/c1-2-13(9-5-6-10-14-13)11-12-7-3-4-8-12/h12,14H,2-11H2,1H3. The lowest BCUT2D eigenvalue weighted by atomic mass is 9.78. The first kappa shape index (κ1) is 10.5. The van der Waals surface area contributed by atoms with Gasteiger partial charge in [0.15, 0.2) is 0 Å².